The topological polar surface area (TPSA) is 17.1 Å². The van der Waals surface area contributed by atoms with Crippen molar-refractivity contribution in [3.05, 3.63) is 55.4 Å². The minimum atomic E-state index is -0.311. The number of aryl methyl sites for hydroxylation is 2. The van der Waals surface area contributed by atoms with E-state index in [2.05, 4.69) is 15.9 Å². The zero-order valence-electron chi connectivity index (χ0n) is 10.1. The molecule has 1 nitrogen and oxygen atoms in total. The van der Waals surface area contributed by atoms with Crippen molar-refractivity contribution in [2.75, 3.05) is 0 Å². The third kappa shape index (κ3) is 2.87. The molecule has 0 aliphatic heterocycles. The summed E-state index contributed by atoms with van der Waals surface area (Å²) in [5, 5.41) is 0. The summed E-state index contributed by atoms with van der Waals surface area (Å²) in [5.74, 6) is -0.233. The molecule has 0 saturated carbocycles. The van der Waals surface area contributed by atoms with Crippen molar-refractivity contribution in [2.24, 2.45) is 0 Å². The van der Waals surface area contributed by atoms with Crippen LogP contribution in [0.4, 0.5) is 4.39 Å². The predicted octanol–water partition coefficient (Wildman–Crippen LogP) is 4.69. The van der Waals surface area contributed by atoms with Gasteiger partial charge in [-0.3, -0.25) is 4.79 Å². The molecule has 0 aliphatic rings. The molecule has 0 spiro atoms. The lowest BCUT2D eigenvalue weighted by atomic mass is 10.1. The van der Waals surface area contributed by atoms with Crippen molar-refractivity contribution in [3.63, 3.8) is 0 Å². The quantitative estimate of drug-likeness (QED) is 0.747. The highest BCUT2D eigenvalue weighted by Crippen LogP contribution is 2.23. The maximum absolute atomic E-state index is 13.1. The Bertz CT molecular complexity index is 584. The summed E-state index contributed by atoms with van der Waals surface area (Å²) in [4.78, 5) is 14.0. The fraction of sp³-hybridized carbons (Fsp3) is 0.214. The van der Waals surface area contributed by atoms with Crippen LogP contribution < -0.4 is 0 Å². The standard InChI is InChI=1S/C14H12BrFOS/c1-8-5-14(18-9(8)2)13(17)7-10-3-4-12(16)11(15)6-10/h3-6H,7H2,1-2H3. The van der Waals surface area contributed by atoms with E-state index in [0.29, 0.717) is 10.9 Å². The second-order valence-electron chi connectivity index (χ2n) is 4.20. The van der Waals surface area contributed by atoms with Crippen molar-refractivity contribution in [3.8, 4) is 0 Å². The maximum atomic E-state index is 13.1. The van der Waals surface area contributed by atoms with Crippen molar-refractivity contribution >= 4 is 33.0 Å². The average Bonchev–Trinajstić information content (AvgIpc) is 2.65. The average molecular weight is 327 g/mol. The lowest BCUT2D eigenvalue weighted by Crippen LogP contribution is -2.01. The largest absolute Gasteiger partial charge is 0.293 e. The summed E-state index contributed by atoms with van der Waals surface area (Å²) in [5.41, 5.74) is 1.96. The first-order valence-corrected chi connectivity index (χ1v) is 7.12. The molecule has 94 valence electrons. The Hall–Kier alpha value is -1.000. The van der Waals surface area contributed by atoms with Gasteiger partial charge in [-0.2, -0.15) is 0 Å². The van der Waals surface area contributed by atoms with Gasteiger partial charge < -0.3 is 0 Å². The highest BCUT2D eigenvalue weighted by Gasteiger charge is 2.12. The lowest BCUT2D eigenvalue weighted by molar-refractivity contribution is 0.0996. The van der Waals surface area contributed by atoms with E-state index in [4.69, 9.17) is 0 Å². The van der Waals surface area contributed by atoms with Gasteiger partial charge in [-0.25, -0.2) is 4.39 Å². The first-order chi connectivity index (χ1) is 8.47. The second-order valence-corrected chi connectivity index (χ2v) is 6.31. The van der Waals surface area contributed by atoms with Gasteiger partial charge in [0.1, 0.15) is 5.82 Å². The zero-order chi connectivity index (χ0) is 13.3. The number of carbonyl (C=O) groups is 1. The molecule has 0 N–H and O–H groups in total. The fourth-order valence-corrected chi connectivity index (χ4v) is 3.03. The van der Waals surface area contributed by atoms with Gasteiger partial charge in [0.15, 0.2) is 5.78 Å². The molecule has 0 saturated heterocycles. The van der Waals surface area contributed by atoms with Crippen LogP contribution in [0.2, 0.25) is 0 Å². The van der Waals surface area contributed by atoms with Gasteiger partial charge in [0.25, 0.3) is 0 Å². The molecule has 0 bridgehead atoms. The van der Waals surface area contributed by atoms with Crippen LogP contribution in [0, 0.1) is 19.7 Å². The van der Waals surface area contributed by atoms with Crippen molar-refractivity contribution in [1.82, 2.24) is 0 Å². The molecule has 1 aromatic heterocycles. The van der Waals surface area contributed by atoms with Crippen LogP contribution in [0.1, 0.15) is 25.7 Å². The Kier molecular flexibility index (Phi) is 3.97. The van der Waals surface area contributed by atoms with Gasteiger partial charge in [-0.15, -0.1) is 11.3 Å². The molecule has 0 atom stereocenters. The summed E-state index contributed by atoms with van der Waals surface area (Å²) in [6.45, 7) is 4.00. The molecule has 2 rings (SSSR count). The van der Waals surface area contributed by atoms with Gasteiger partial charge in [0.2, 0.25) is 0 Å². The first kappa shape index (κ1) is 13.4. The minimum Gasteiger partial charge on any atom is -0.293 e. The van der Waals surface area contributed by atoms with Crippen LogP contribution in [-0.4, -0.2) is 5.78 Å². The number of hydrogen-bond donors (Lipinski definition) is 0. The molecule has 2 aromatic rings. The van der Waals surface area contributed by atoms with E-state index >= 15 is 0 Å². The van der Waals surface area contributed by atoms with Gasteiger partial charge in [0.05, 0.1) is 9.35 Å². The number of rotatable bonds is 3. The number of thiophene rings is 1. The fourth-order valence-electron chi connectivity index (χ4n) is 1.63. The maximum Gasteiger partial charge on any atom is 0.177 e. The highest BCUT2D eigenvalue weighted by atomic mass is 79.9. The van der Waals surface area contributed by atoms with E-state index in [1.165, 1.54) is 22.3 Å². The van der Waals surface area contributed by atoms with Crippen LogP contribution >= 0.6 is 27.3 Å². The number of ketones is 1. The van der Waals surface area contributed by atoms with Crippen molar-refractivity contribution in [1.29, 1.82) is 0 Å². The van der Waals surface area contributed by atoms with Gasteiger partial charge in [0, 0.05) is 11.3 Å². The minimum absolute atomic E-state index is 0.0784. The van der Waals surface area contributed by atoms with E-state index in [1.54, 1.807) is 12.1 Å². The number of benzene rings is 1. The Morgan fingerprint density at radius 1 is 1.33 bits per heavy atom. The summed E-state index contributed by atoms with van der Waals surface area (Å²) >= 11 is 4.64. The zero-order valence-corrected chi connectivity index (χ0v) is 12.5. The molecular formula is C14H12BrFOS. The molecule has 0 fully saturated rings. The van der Waals surface area contributed by atoms with Crippen molar-refractivity contribution in [2.45, 2.75) is 20.3 Å². The van der Waals surface area contributed by atoms with Gasteiger partial charge >= 0.3 is 0 Å². The van der Waals surface area contributed by atoms with Gasteiger partial charge in [-0.1, -0.05) is 6.07 Å². The van der Waals surface area contributed by atoms with E-state index in [-0.39, 0.29) is 11.6 Å². The van der Waals surface area contributed by atoms with Crippen LogP contribution in [-0.2, 0) is 6.42 Å². The van der Waals surface area contributed by atoms with E-state index < -0.39 is 0 Å². The normalized spacial score (nSPS) is 10.7. The second kappa shape index (κ2) is 5.33. The monoisotopic (exact) mass is 326 g/mol. The van der Waals surface area contributed by atoms with Crippen molar-refractivity contribution < 1.29 is 9.18 Å². The number of Topliss-reactive ketones (excluding diaryl/α,β-unsaturated/α-hetero) is 1. The number of hydrogen-bond acceptors (Lipinski definition) is 2. The molecule has 1 aromatic carbocycles. The highest BCUT2D eigenvalue weighted by molar-refractivity contribution is 9.10. The Labute approximate surface area is 118 Å². The third-order valence-corrected chi connectivity index (χ3v) is 4.59. The molecule has 0 amide bonds. The molecule has 18 heavy (non-hydrogen) atoms. The first-order valence-electron chi connectivity index (χ1n) is 5.51. The predicted molar refractivity (Wildman–Crippen MR) is 75.9 cm³/mol. The SMILES string of the molecule is Cc1cc(C(=O)Cc2ccc(F)c(Br)c2)sc1C. The molecule has 4 heteroatoms. The Balaban J connectivity index is 2.18. The van der Waals surface area contributed by atoms with Crippen LogP contribution in [0.5, 0.6) is 0 Å². The number of halogens is 2. The van der Waals surface area contributed by atoms with E-state index in [9.17, 15) is 9.18 Å². The van der Waals surface area contributed by atoms with Crippen LogP contribution in [0.25, 0.3) is 0 Å². The summed E-state index contributed by atoms with van der Waals surface area (Å²) in [6, 6.07) is 6.59. The van der Waals surface area contributed by atoms with Crippen LogP contribution in [0.15, 0.2) is 28.7 Å². The van der Waals surface area contributed by atoms with Crippen LogP contribution in [0.3, 0.4) is 0 Å². The summed E-state index contributed by atoms with van der Waals surface area (Å²) in [7, 11) is 0. The summed E-state index contributed by atoms with van der Waals surface area (Å²) in [6.07, 6.45) is 0.304. The van der Waals surface area contributed by atoms with E-state index in [0.717, 1.165) is 16.0 Å². The summed E-state index contributed by atoms with van der Waals surface area (Å²) < 4.78 is 13.5. The number of carbonyl (C=O) groups excluding carboxylic acids is 1. The lowest BCUT2D eigenvalue weighted by Gasteiger charge is -2.01. The molecule has 0 aliphatic carbocycles. The molecule has 1 heterocycles. The molecule has 0 unspecified atom stereocenters. The third-order valence-electron chi connectivity index (χ3n) is 2.79. The smallest absolute Gasteiger partial charge is 0.177 e. The Morgan fingerprint density at radius 2 is 2.06 bits per heavy atom. The van der Waals surface area contributed by atoms with Gasteiger partial charge in [-0.05, 0) is 59.1 Å². The molecular weight excluding hydrogens is 315 g/mol. The Morgan fingerprint density at radius 3 is 2.61 bits per heavy atom. The molecule has 0 radical (unpaired) electrons. The van der Waals surface area contributed by atoms with E-state index in [1.807, 2.05) is 19.9 Å².